The number of halogens is 3. The molecule has 0 saturated carbocycles. The maximum absolute atomic E-state index is 12.2. The molecule has 0 aliphatic carbocycles. The first-order valence-corrected chi connectivity index (χ1v) is 7.04. The summed E-state index contributed by atoms with van der Waals surface area (Å²) >= 11 is 1.01. The lowest BCUT2D eigenvalue weighted by atomic mass is 10.1. The van der Waals surface area contributed by atoms with E-state index in [1.807, 2.05) is 32.0 Å². The SMILES string of the molecule is CCNC(C)c1cccc(SCC(O)C(F)(F)F)c1. The van der Waals surface area contributed by atoms with Gasteiger partial charge in [0.05, 0.1) is 0 Å². The minimum atomic E-state index is -4.55. The zero-order valence-electron chi connectivity index (χ0n) is 10.9. The third kappa shape index (κ3) is 5.42. The first-order chi connectivity index (χ1) is 8.84. The quantitative estimate of drug-likeness (QED) is 0.789. The zero-order chi connectivity index (χ0) is 14.5. The lowest BCUT2D eigenvalue weighted by Gasteiger charge is -2.16. The minimum absolute atomic E-state index is 0.151. The highest BCUT2D eigenvalue weighted by atomic mass is 32.2. The Morgan fingerprint density at radius 2 is 2.05 bits per heavy atom. The zero-order valence-corrected chi connectivity index (χ0v) is 11.7. The second kappa shape index (κ2) is 7.17. The van der Waals surface area contributed by atoms with Gasteiger partial charge in [-0.1, -0.05) is 19.1 Å². The lowest BCUT2D eigenvalue weighted by Crippen LogP contribution is -2.30. The van der Waals surface area contributed by atoms with Crippen molar-refractivity contribution in [3.05, 3.63) is 29.8 Å². The molecule has 0 aliphatic heterocycles. The Kier molecular flexibility index (Phi) is 6.16. The van der Waals surface area contributed by atoms with Gasteiger partial charge in [-0.05, 0) is 31.2 Å². The highest BCUT2D eigenvalue weighted by Gasteiger charge is 2.37. The summed E-state index contributed by atoms with van der Waals surface area (Å²) in [5.41, 5.74) is 1.02. The maximum Gasteiger partial charge on any atom is 0.415 e. The summed E-state index contributed by atoms with van der Waals surface area (Å²) < 4.78 is 36.6. The van der Waals surface area contributed by atoms with Gasteiger partial charge in [-0.2, -0.15) is 13.2 Å². The first kappa shape index (κ1) is 16.3. The van der Waals surface area contributed by atoms with Crippen molar-refractivity contribution in [2.24, 2.45) is 0 Å². The van der Waals surface area contributed by atoms with Crippen LogP contribution in [0.3, 0.4) is 0 Å². The van der Waals surface area contributed by atoms with Crippen molar-refractivity contribution in [3.8, 4) is 0 Å². The molecule has 1 aromatic rings. The molecule has 0 saturated heterocycles. The Morgan fingerprint density at radius 1 is 1.37 bits per heavy atom. The molecule has 0 fully saturated rings. The topological polar surface area (TPSA) is 32.3 Å². The van der Waals surface area contributed by atoms with Crippen LogP contribution >= 0.6 is 11.8 Å². The van der Waals surface area contributed by atoms with Crippen LogP contribution in [0.25, 0.3) is 0 Å². The van der Waals surface area contributed by atoms with Crippen LogP contribution in [-0.2, 0) is 0 Å². The molecule has 2 N–H and O–H groups in total. The standard InChI is InChI=1S/C13H18F3NOS/c1-3-17-9(2)10-5-4-6-11(7-10)19-8-12(18)13(14,15)16/h4-7,9,12,17-18H,3,8H2,1-2H3. The number of aliphatic hydroxyl groups is 1. The first-order valence-electron chi connectivity index (χ1n) is 6.05. The smallest absolute Gasteiger partial charge is 0.383 e. The number of benzene rings is 1. The molecule has 0 bridgehead atoms. The van der Waals surface area contributed by atoms with Crippen LogP contribution in [0.2, 0.25) is 0 Å². The van der Waals surface area contributed by atoms with Crippen molar-refractivity contribution in [2.75, 3.05) is 12.3 Å². The molecule has 2 atom stereocenters. The van der Waals surface area contributed by atoms with Gasteiger partial charge >= 0.3 is 6.18 Å². The van der Waals surface area contributed by atoms with Crippen molar-refractivity contribution >= 4 is 11.8 Å². The largest absolute Gasteiger partial charge is 0.415 e. The second-order valence-corrected chi connectivity index (χ2v) is 5.31. The van der Waals surface area contributed by atoms with Gasteiger partial charge < -0.3 is 10.4 Å². The summed E-state index contributed by atoms with van der Waals surface area (Å²) in [4.78, 5) is 0.727. The third-order valence-corrected chi connectivity index (χ3v) is 3.72. The van der Waals surface area contributed by atoms with Gasteiger partial charge in [-0.15, -0.1) is 11.8 Å². The van der Waals surface area contributed by atoms with Gasteiger partial charge in [-0.3, -0.25) is 0 Å². The summed E-state index contributed by atoms with van der Waals surface area (Å²) in [5.74, 6) is -0.386. The van der Waals surface area contributed by atoms with E-state index in [0.717, 1.165) is 28.8 Å². The third-order valence-electron chi connectivity index (χ3n) is 2.65. The van der Waals surface area contributed by atoms with Gasteiger partial charge in [0.1, 0.15) is 0 Å². The van der Waals surface area contributed by atoms with E-state index < -0.39 is 12.3 Å². The van der Waals surface area contributed by atoms with E-state index in [1.54, 1.807) is 6.07 Å². The number of nitrogens with one attached hydrogen (secondary N) is 1. The minimum Gasteiger partial charge on any atom is -0.383 e. The Balaban J connectivity index is 2.62. The van der Waals surface area contributed by atoms with Crippen LogP contribution < -0.4 is 5.32 Å². The van der Waals surface area contributed by atoms with E-state index >= 15 is 0 Å². The van der Waals surface area contributed by atoms with E-state index in [4.69, 9.17) is 5.11 Å². The summed E-state index contributed by atoms with van der Waals surface area (Å²) in [6, 6.07) is 7.48. The van der Waals surface area contributed by atoms with Crippen molar-refractivity contribution in [3.63, 3.8) is 0 Å². The molecule has 0 radical (unpaired) electrons. The monoisotopic (exact) mass is 293 g/mol. The normalized spacial score (nSPS) is 15.3. The molecule has 0 amide bonds. The van der Waals surface area contributed by atoms with Crippen molar-refractivity contribution < 1.29 is 18.3 Å². The number of aliphatic hydroxyl groups excluding tert-OH is 1. The molecule has 19 heavy (non-hydrogen) atoms. The molecule has 1 aromatic carbocycles. The molecule has 0 spiro atoms. The fourth-order valence-electron chi connectivity index (χ4n) is 1.57. The molecule has 108 valence electrons. The van der Waals surface area contributed by atoms with Gasteiger partial charge in [-0.25, -0.2) is 0 Å². The fourth-order valence-corrected chi connectivity index (χ4v) is 2.50. The fraction of sp³-hybridized carbons (Fsp3) is 0.538. The molecule has 2 unspecified atom stereocenters. The molecular weight excluding hydrogens is 275 g/mol. The number of alkyl halides is 3. The number of rotatable bonds is 6. The van der Waals surface area contributed by atoms with Crippen LogP contribution in [0.1, 0.15) is 25.5 Å². The van der Waals surface area contributed by atoms with E-state index in [2.05, 4.69) is 5.32 Å². The predicted octanol–water partition coefficient (Wildman–Crippen LogP) is 3.37. The van der Waals surface area contributed by atoms with E-state index in [-0.39, 0.29) is 11.8 Å². The molecule has 2 nitrogen and oxygen atoms in total. The average Bonchev–Trinajstić information content (AvgIpc) is 2.35. The van der Waals surface area contributed by atoms with Crippen LogP contribution in [0.15, 0.2) is 29.2 Å². The lowest BCUT2D eigenvalue weighted by molar-refractivity contribution is -0.195. The van der Waals surface area contributed by atoms with Gasteiger partial charge in [0.25, 0.3) is 0 Å². The number of thioether (sulfide) groups is 1. The van der Waals surface area contributed by atoms with Crippen LogP contribution in [0.5, 0.6) is 0 Å². The summed E-state index contributed by atoms with van der Waals surface area (Å²) in [5, 5.41) is 12.2. The Morgan fingerprint density at radius 3 is 2.63 bits per heavy atom. The van der Waals surface area contributed by atoms with Gasteiger partial charge in [0.15, 0.2) is 6.10 Å². The molecule has 0 heterocycles. The highest BCUT2D eigenvalue weighted by molar-refractivity contribution is 7.99. The molecular formula is C13H18F3NOS. The molecule has 0 aromatic heterocycles. The highest BCUT2D eigenvalue weighted by Crippen LogP contribution is 2.28. The van der Waals surface area contributed by atoms with Gasteiger partial charge in [0, 0.05) is 16.7 Å². The summed E-state index contributed by atoms with van der Waals surface area (Å²) in [6.07, 6.45) is -6.84. The van der Waals surface area contributed by atoms with E-state index in [1.165, 1.54) is 0 Å². The summed E-state index contributed by atoms with van der Waals surface area (Å²) in [7, 11) is 0. The second-order valence-electron chi connectivity index (χ2n) is 4.22. The van der Waals surface area contributed by atoms with E-state index in [0.29, 0.717) is 0 Å². The molecule has 6 heteroatoms. The predicted molar refractivity (Wildman–Crippen MR) is 71.3 cm³/mol. The Bertz CT molecular complexity index is 398. The van der Waals surface area contributed by atoms with Gasteiger partial charge in [0.2, 0.25) is 0 Å². The summed E-state index contributed by atoms with van der Waals surface area (Å²) in [6.45, 7) is 4.82. The van der Waals surface area contributed by atoms with Crippen molar-refractivity contribution in [1.82, 2.24) is 5.32 Å². The molecule has 0 aliphatic rings. The molecule has 1 rings (SSSR count). The Hall–Kier alpha value is -0.720. The van der Waals surface area contributed by atoms with E-state index in [9.17, 15) is 13.2 Å². The number of hydrogen-bond acceptors (Lipinski definition) is 3. The van der Waals surface area contributed by atoms with Crippen LogP contribution in [0.4, 0.5) is 13.2 Å². The van der Waals surface area contributed by atoms with Crippen LogP contribution in [-0.4, -0.2) is 29.7 Å². The Labute approximate surface area is 115 Å². The maximum atomic E-state index is 12.2. The van der Waals surface area contributed by atoms with Crippen molar-refractivity contribution in [2.45, 2.75) is 37.1 Å². The van der Waals surface area contributed by atoms with Crippen LogP contribution in [0, 0.1) is 0 Å². The number of hydrogen-bond donors (Lipinski definition) is 2. The van der Waals surface area contributed by atoms with Crippen molar-refractivity contribution in [1.29, 1.82) is 0 Å². The average molecular weight is 293 g/mol.